The second-order valence-electron chi connectivity index (χ2n) is 4.15. The molecule has 1 aromatic carbocycles. The zero-order valence-corrected chi connectivity index (χ0v) is 11.5. The first-order valence-electron chi connectivity index (χ1n) is 6.26. The van der Waals surface area contributed by atoms with Crippen LogP contribution in [-0.4, -0.2) is 24.3 Å². The van der Waals surface area contributed by atoms with E-state index in [1.165, 1.54) is 0 Å². The van der Waals surface area contributed by atoms with E-state index < -0.39 is 0 Å². The Morgan fingerprint density at radius 2 is 1.80 bits per heavy atom. The van der Waals surface area contributed by atoms with Gasteiger partial charge in [0, 0.05) is 18.2 Å². The Morgan fingerprint density at radius 1 is 1.10 bits per heavy atom. The summed E-state index contributed by atoms with van der Waals surface area (Å²) in [5.74, 6) is 1.60. The van der Waals surface area contributed by atoms with Gasteiger partial charge in [-0.1, -0.05) is 12.1 Å². The number of hydrogen-bond donors (Lipinski definition) is 1. The van der Waals surface area contributed by atoms with E-state index in [1.54, 1.807) is 38.6 Å². The van der Waals surface area contributed by atoms with Crippen LogP contribution in [0.25, 0.3) is 5.76 Å². The van der Waals surface area contributed by atoms with Crippen LogP contribution < -0.4 is 9.47 Å². The lowest BCUT2D eigenvalue weighted by molar-refractivity contribution is 0.387. The molecular weight excluding hydrogens is 254 g/mol. The molecule has 0 bridgehead atoms. The fourth-order valence-corrected chi connectivity index (χ4v) is 1.95. The minimum Gasteiger partial charge on any atom is -0.506 e. The van der Waals surface area contributed by atoms with E-state index in [0.717, 1.165) is 17.1 Å². The molecule has 0 atom stereocenters. The maximum absolute atomic E-state index is 10.0. The second-order valence-corrected chi connectivity index (χ2v) is 4.15. The van der Waals surface area contributed by atoms with Gasteiger partial charge in [-0.05, 0) is 30.3 Å². The highest BCUT2D eigenvalue weighted by Crippen LogP contribution is 2.29. The molecule has 0 saturated heterocycles. The quantitative estimate of drug-likeness (QED) is 0.848. The Hall–Kier alpha value is -2.49. The van der Waals surface area contributed by atoms with Crippen molar-refractivity contribution in [3.63, 3.8) is 0 Å². The van der Waals surface area contributed by atoms with Crippen LogP contribution in [0.1, 0.15) is 11.3 Å². The summed E-state index contributed by atoms with van der Waals surface area (Å²) < 4.78 is 10.6. The summed E-state index contributed by atoms with van der Waals surface area (Å²) in [6, 6.07) is 11.0. The van der Waals surface area contributed by atoms with Gasteiger partial charge in [0.05, 0.1) is 14.2 Å². The molecule has 1 heterocycles. The third kappa shape index (κ3) is 3.09. The van der Waals surface area contributed by atoms with Crippen molar-refractivity contribution in [1.29, 1.82) is 0 Å². The maximum Gasteiger partial charge on any atom is 0.137 e. The number of aromatic nitrogens is 1. The van der Waals surface area contributed by atoms with Crippen molar-refractivity contribution in [3.05, 3.63) is 59.9 Å². The van der Waals surface area contributed by atoms with E-state index in [0.29, 0.717) is 12.1 Å². The van der Waals surface area contributed by atoms with Gasteiger partial charge in [0.2, 0.25) is 0 Å². The van der Waals surface area contributed by atoms with Crippen molar-refractivity contribution < 1.29 is 14.6 Å². The van der Waals surface area contributed by atoms with Gasteiger partial charge in [0.1, 0.15) is 23.0 Å². The highest BCUT2D eigenvalue weighted by Gasteiger charge is 2.09. The van der Waals surface area contributed by atoms with Crippen molar-refractivity contribution in [3.8, 4) is 11.5 Å². The van der Waals surface area contributed by atoms with Gasteiger partial charge >= 0.3 is 0 Å². The van der Waals surface area contributed by atoms with E-state index in [-0.39, 0.29) is 5.76 Å². The number of benzene rings is 1. The van der Waals surface area contributed by atoms with Crippen molar-refractivity contribution in [1.82, 2.24) is 4.98 Å². The molecule has 0 saturated carbocycles. The second kappa shape index (κ2) is 6.61. The van der Waals surface area contributed by atoms with Crippen LogP contribution in [0.15, 0.2) is 48.7 Å². The van der Waals surface area contributed by atoms with Crippen molar-refractivity contribution in [2.75, 3.05) is 14.2 Å². The number of aliphatic hydroxyl groups is 1. The van der Waals surface area contributed by atoms with Gasteiger partial charge in [-0.15, -0.1) is 0 Å². The molecule has 0 amide bonds. The molecule has 4 nitrogen and oxygen atoms in total. The summed E-state index contributed by atoms with van der Waals surface area (Å²) in [6.07, 6.45) is 3.83. The first-order chi connectivity index (χ1) is 9.76. The first-order valence-corrected chi connectivity index (χ1v) is 6.26. The number of hydrogen-bond acceptors (Lipinski definition) is 4. The van der Waals surface area contributed by atoms with Gasteiger partial charge < -0.3 is 14.6 Å². The normalized spacial score (nSPS) is 11.2. The molecule has 0 radical (unpaired) electrons. The van der Waals surface area contributed by atoms with Crippen molar-refractivity contribution >= 4 is 5.76 Å². The van der Waals surface area contributed by atoms with Crippen LogP contribution in [0, 0.1) is 0 Å². The van der Waals surface area contributed by atoms with Crippen LogP contribution >= 0.6 is 0 Å². The highest BCUT2D eigenvalue weighted by molar-refractivity contribution is 5.56. The molecule has 2 aromatic rings. The monoisotopic (exact) mass is 271 g/mol. The fourth-order valence-electron chi connectivity index (χ4n) is 1.95. The Bertz CT molecular complexity index is 572. The number of aliphatic hydroxyl groups excluding tert-OH is 1. The summed E-state index contributed by atoms with van der Waals surface area (Å²) in [7, 11) is 3.22. The third-order valence-corrected chi connectivity index (χ3v) is 2.96. The molecule has 1 N–H and O–H groups in total. The summed E-state index contributed by atoms with van der Waals surface area (Å²) in [5.41, 5.74) is 1.43. The van der Waals surface area contributed by atoms with E-state index in [9.17, 15) is 5.11 Å². The summed E-state index contributed by atoms with van der Waals surface area (Å²) in [4.78, 5) is 4.10. The number of ether oxygens (including phenoxy) is 2. The van der Waals surface area contributed by atoms with Gasteiger partial charge in [-0.25, -0.2) is 0 Å². The summed E-state index contributed by atoms with van der Waals surface area (Å²) in [5, 5.41) is 10.0. The first kappa shape index (κ1) is 13.9. The minimum absolute atomic E-state index is 0.138. The number of nitrogens with zero attached hydrogens (tertiary/aromatic N) is 1. The summed E-state index contributed by atoms with van der Waals surface area (Å²) >= 11 is 0. The average Bonchev–Trinajstić information content (AvgIpc) is 2.52. The molecule has 0 aliphatic heterocycles. The SMILES string of the molecule is COc1cccc(OC)c1C/C=C(\O)c1ccccn1. The van der Waals surface area contributed by atoms with E-state index in [1.807, 2.05) is 24.3 Å². The lowest BCUT2D eigenvalue weighted by atomic mass is 10.1. The topological polar surface area (TPSA) is 51.6 Å². The van der Waals surface area contributed by atoms with Crippen LogP contribution in [0.5, 0.6) is 11.5 Å². The average molecular weight is 271 g/mol. The van der Waals surface area contributed by atoms with Gasteiger partial charge in [0.25, 0.3) is 0 Å². The van der Waals surface area contributed by atoms with Crippen molar-refractivity contribution in [2.24, 2.45) is 0 Å². The Balaban J connectivity index is 2.26. The van der Waals surface area contributed by atoms with Gasteiger partial charge in [-0.2, -0.15) is 0 Å². The van der Waals surface area contributed by atoms with Crippen LogP contribution in [0.2, 0.25) is 0 Å². The van der Waals surface area contributed by atoms with E-state index in [4.69, 9.17) is 9.47 Å². The molecule has 0 fully saturated rings. The van der Waals surface area contributed by atoms with Crippen LogP contribution in [0.4, 0.5) is 0 Å². The van der Waals surface area contributed by atoms with Crippen LogP contribution in [0.3, 0.4) is 0 Å². The molecule has 0 aliphatic rings. The minimum atomic E-state index is 0.138. The molecule has 1 aromatic heterocycles. The maximum atomic E-state index is 10.0. The van der Waals surface area contributed by atoms with E-state index >= 15 is 0 Å². The standard InChI is InChI=1S/C16H17NO3/c1-19-15-7-5-8-16(20-2)12(15)9-10-14(18)13-6-3-4-11-17-13/h3-8,10-11,18H,9H2,1-2H3/b14-10-. The van der Waals surface area contributed by atoms with Crippen LogP contribution in [-0.2, 0) is 6.42 Å². The number of allylic oxidation sites excluding steroid dienone is 1. The largest absolute Gasteiger partial charge is 0.506 e. The fraction of sp³-hybridized carbons (Fsp3) is 0.188. The molecule has 104 valence electrons. The van der Waals surface area contributed by atoms with Gasteiger partial charge in [-0.3, -0.25) is 4.98 Å². The molecule has 20 heavy (non-hydrogen) atoms. The smallest absolute Gasteiger partial charge is 0.137 e. The zero-order chi connectivity index (χ0) is 14.4. The molecule has 2 rings (SSSR count). The predicted octanol–water partition coefficient (Wildman–Crippen LogP) is 3.24. The lowest BCUT2D eigenvalue weighted by Gasteiger charge is -2.11. The number of methoxy groups -OCH3 is 2. The Labute approximate surface area is 118 Å². The highest BCUT2D eigenvalue weighted by atomic mass is 16.5. The zero-order valence-electron chi connectivity index (χ0n) is 11.5. The number of rotatable bonds is 5. The number of pyridine rings is 1. The van der Waals surface area contributed by atoms with Gasteiger partial charge in [0.15, 0.2) is 0 Å². The molecule has 0 aliphatic carbocycles. The third-order valence-electron chi connectivity index (χ3n) is 2.96. The molecule has 0 unspecified atom stereocenters. The van der Waals surface area contributed by atoms with E-state index in [2.05, 4.69) is 4.98 Å². The Morgan fingerprint density at radius 3 is 2.35 bits per heavy atom. The predicted molar refractivity (Wildman–Crippen MR) is 78.1 cm³/mol. The summed E-state index contributed by atoms with van der Waals surface area (Å²) in [6.45, 7) is 0. The lowest BCUT2D eigenvalue weighted by Crippen LogP contribution is -1.96. The Kier molecular flexibility index (Phi) is 4.60. The molecule has 4 heteroatoms. The molecule has 0 spiro atoms. The molecular formula is C16H17NO3. The van der Waals surface area contributed by atoms with Crippen molar-refractivity contribution in [2.45, 2.75) is 6.42 Å².